The van der Waals surface area contributed by atoms with E-state index in [2.05, 4.69) is 4.74 Å². The van der Waals surface area contributed by atoms with Crippen molar-refractivity contribution in [2.75, 3.05) is 0 Å². The van der Waals surface area contributed by atoms with E-state index in [0.717, 1.165) is 0 Å². The molecule has 0 aliphatic carbocycles. The molecule has 0 saturated carbocycles. The molecule has 1 unspecified atom stereocenters. The zero-order valence-corrected chi connectivity index (χ0v) is 13.8. The summed E-state index contributed by atoms with van der Waals surface area (Å²) >= 11 is 0. The third-order valence-electron chi connectivity index (χ3n) is 3.35. The van der Waals surface area contributed by atoms with Crippen LogP contribution in [-0.4, -0.2) is 18.0 Å². The number of benzene rings is 1. The summed E-state index contributed by atoms with van der Waals surface area (Å²) < 4.78 is 74.9. The second-order valence-electron chi connectivity index (χ2n) is 5.55. The Bertz CT molecular complexity index is 631. The molecule has 140 valence electrons. The van der Waals surface area contributed by atoms with Crippen LogP contribution in [0, 0.1) is 35.0 Å². The van der Waals surface area contributed by atoms with Crippen LogP contribution in [0.1, 0.15) is 40.0 Å². The van der Waals surface area contributed by atoms with Gasteiger partial charge in [0, 0.05) is 0 Å². The van der Waals surface area contributed by atoms with E-state index < -0.39 is 59.6 Å². The maximum absolute atomic E-state index is 13.4. The van der Waals surface area contributed by atoms with E-state index >= 15 is 0 Å². The van der Waals surface area contributed by atoms with Gasteiger partial charge >= 0.3 is 11.9 Å². The van der Waals surface area contributed by atoms with Crippen molar-refractivity contribution in [1.82, 2.24) is 0 Å². The van der Waals surface area contributed by atoms with Crippen LogP contribution < -0.4 is 4.74 Å². The first-order chi connectivity index (χ1) is 11.6. The summed E-state index contributed by atoms with van der Waals surface area (Å²) in [5.41, 5.74) is 0. The topological polar surface area (TPSA) is 52.6 Å². The molecular weight excluding hydrogens is 351 g/mol. The van der Waals surface area contributed by atoms with Gasteiger partial charge in [0.2, 0.25) is 34.8 Å². The summed E-state index contributed by atoms with van der Waals surface area (Å²) in [5.74, 6) is -15.1. The van der Waals surface area contributed by atoms with Gasteiger partial charge in [-0.2, -0.15) is 8.78 Å². The maximum atomic E-state index is 13.4. The van der Waals surface area contributed by atoms with E-state index in [0.29, 0.717) is 6.42 Å². The molecule has 0 N–H and O–H groups in total. The molecule has 0 aliphatic heterocycles. The molecule has 0 radical (unpaired) electrons. The second-order valence-corrected chi connectivity index (χ2v) is 5.55. The Kier molecular flexibility index (Phi) is 7.32. The van der Waals surface area contributed by atoms with E-state index in [9.17, 15) is 31.5 Å². The van der Waals surface area contributed by atoms with E-state index in [1.807, 2.05) is 13.8 Å². The van der Waals surface area contributed by atoms with Crippen molar-refractivity contribution >= 4 is 11.9 Å². The molecule has 0 aliphatic rings. The van der Waals surface area contributed by atoms with Crippen molar-refractivity contribution in [2.24, 2.45) is 5.92 Å². The van der Waals surface area contributed by atoms with Crippen LogP contribution in [0.25, 0.3) is 0 Å². The zero-order valence-electron chi connectivity index (χ0n) is 13.8. The maximum Gasteiger partial charge on any atom is 0.311 e. The highest BCUT2D eigenvalue weighted by atomic mass is 19.2. The fraction of sp³-hybridized carbons (Fsp3) is 0.500. The summed E-state index contributed by atoms with van der Waals surface area (Å²) in [6.45, 7) is 5.47. The summed E-state index contributed by atoms with van der Waals surface area (Å²) in [6, 6.07) is 0. The van der Waals surface area contributed by atoms with E-state index in [4.69, 9.17) is 4.74 Å². The normalized spacial score (nSPS) is 12.2. The zero-order chi connectivity index (χ0) is 19.3. The predicted octanol–water partition coefficient (Wildman–Crippen LogP) is 4.05. The quantitative estimate of drug-likeness (QED) is 0.240. The number of rotatable bonds is 7. The Labute approximate surface area is 140 Å². The van der Waals surface area contributed by atoms with E-state index in [1.54, 1.807) is 6.92 Å². The van der Waals surface area contributed by atoms with Gasteiger partial charge in [0.25, 0.3) is 0 Å². The molecule has 25 heavy (non-hydrogen) atoms. The monoisotopic (exact) mass is 368 g/mol. The van der Waals surface area contributed by atoms with Gasteiger partial charge < -0.3 is 9.47 Å². The molecule has 1 aromatic carbocycles. The minimum Gasteiger partial charge on any atom is -0.462 e. The van der Waals surface area contributed by atoms with Crippen molar-refractivity contribution < 1.29 is 41.0 Å². The third kappa shape index (κ3) is 5.14. The largest absolute Gasteiger partial charge is 0.462 e. The highest BCUT2D eigenvalue weighted by molar-refractivity contribution is 5.79. The van der Waals surface area contributed by atoms with Crippen LogP contribution in [-0.2, 0) is 14.3 Å². The number of halogens is 5. The van der Waals surface area contributed by atoms with Crippen LogP contribution in [0.5, 0.6) is 5.75 Å². The number of ether oxygens (including phenoxy) is 2. The molecular formula is C16H17F5O4. The molecule has 0 heterocycles. The lowest BCUT2D eigenvalue weighted by Gasteiger charge is -2.19. The van der Waals surface area contributed by atoms with E-state index in [-0.39, 0.29) is 12.0 Å². The van der Waals surface area contributed by atoms with E-state index in [1.165, 1.54) is 0 Å². The predicted molar refractivity (Wildman–Crippen MR) is 76.1 cm³/mol. The molecule has 0 spiro atoms. The first-order valence-corrected chi connectivity index (χ1v) is 7.51. The molecule has 4 nitrogen and oxygen atoms in total. The summed E-state index contributed by atoms with van der Waals surface area (Å²) in [5, 5.41) is 0. The first-order valence-electron chi connectivity index (χ1n) is 7.51. The highest BCUT2D eigenvalue weighted by Crippen LogP contribution is 2.29. The Morgan fingerprint density at radius 1 is 0.840 bits per heavy atom. The lowest BCUT2D eigenvalue weighted by Crippen LogP contribution is -2.23. The molecule has 1 rings (SSSR count). The summed E-state index contributed by atoms with van der Waals surface area (Å²) in [6.07, 6.45) is -0.915. The average Bonchev–Trinajstić information content (AvgIpc) is 2.57. The van der Waals surface area contributed by atoms with Crippen molar-refractivity contribution in [3.8, 4) is 5.75 Å². The highest BCUT2D eigenvalue weighted by Gasteiger charge is 2.28. The molecule has 0 bridgehead atoms. The van der Waals surface area contributed by atoms with Gasteiger partial charge in [0.15, 0.2) is 0 Å². The van der Waals surface area contributed by atoms with Crippen LogP contribution in [0.3, 0.4) is 0 Å². The summed E-state index contributed by atoms with van der Waals surface area (Å²) in [7, 11) is 0. The lowest BCUT2D eigenvalue weighted by atomic mass is 10.1. The minimum absolute atomic E-state index is 0.0502. The molecule has 9 heteroatoms. The smallest absolute Gasteiger partial charge is 0.311 e. The lowest BCUT2D eigenvalue weighted by molar-refractivity contribution is -0.153. The van der Waals surface area contributed by atoms with Crippen molar-refractivity contribution in [3.05, 3.63) is 29.1 Å². The third-order valence-corrected chi connectivity index (χ3v) is 3.35. The van der Waals surface area contributed by atoms with Gasteiger partial charge in [0.1, 0.15) is 6.10 Å². The van der Waals surface area contributed by atoms with Crippen LogP contribution in [0.4, 0.5) is 22.0 Å². The van der Waals surface area contributed by atoms with Crippen molar-refractivity contribution in [3.63, 3.8) is 0 Å². The van der Waals surface area contributed by atoms with Gasteiger partial charge in [0.05, 0.1) is 12.8 Å². The fourth-order valence-corrected chi connectivity index (χ4v) is 1.96. The van der Waals surface area contributed by atoms with Gasteiger partial charge in [-0.05, 0) is 12.3 Å². The van der Waals surface area contributed by atoms with Crippen LogP contribution in [0.15, 0.2) is 0 Å². The number of hydrogen-bond donors (Lipinski definition) is 0. The number of carbonyl (C=O) groups is 2. The number of hydrogen-bond acceptors (Lipinski definition) is 4. The number of carbonyl (C=O) groups excluding carboxylic acids is 2. The van der Waals surface area contributed by atoms with Gasteiger partial charge in [-0.15, -0.1) is 0 Å². The Morgan fingerprint density at radius 2 is 1.28 bits per heavy atom. The Balaban J connectivity index is 2.71. The molecule has 0 amide bonds. The molecule has 0 saturated heterocycles. The van der Waals surface area contributed by atoms with Gasteiger partial charge in [-0.3, -0.25) is 9.59 Å². The Morgan fingerprint density at radius 3 is 1.72 bits per heavy atom. The van der Waals surface area contributed by atoms with Crippen molar-refractivity contribution in [1.29, 1.82) is 0 Å². The minimum atomic E-state index is -2.36. The van der Waals surface area contributed by atoms with Gasteiger partial charge in [-0.25, -0.2) is 13.2 Å². The molecule has 0 fully saturated rings. The SMILES string of the molecule is CCC(OC(=O)CCC(=O)Oc1c(F)c(F)c(F)c(F)c1F)C(C)C. The first kappa shape index (κ1) is 20.9. The molecule has 1 aromatic rings. The average molecular weight is 368 g/mol. The van der Waals surface area contributed by atoms with Gasteiger partial charge in [-0.1, -0.05) is 20.8 Å². The van der Waals surface area contributed by atoms with Crippen molar-refractivity contribution in [2.45, 2.75) is 46.1 Å². The molecule has 1 atom stereocenters. The van der Waals surface area contributed by atoms with Crippen LogP contribution >= 0.6 is 0 Å². The fourth-order valence-electron chi connectivity index (χ4n) is 1.96. The number of esters is 2. The van der Waals surface area contributed by atoms with Crippen LogP contribution in [0.2, 0.25) is 0 Å². The summed E-state index contributed by atoms with van der Waals surface area (Å²) in [4.78, 5) is 23.1. The molecule has 0 aromatic heterocycles. The second kappa shape index (κ2) is 8.77. The standard InChI is InChI=1S/C16H17F5O4/c1-4-8(7(2)3)24-9(22)5-6-10(23)25-16-14(20)12(18)11(17)13(19)15(16)21/h7-8H,4-6H2,1-3H3. The Hall–Kier alpha value is -2.19.